The SMILES string of the molecule is CCN(CC)CC(O)CNC(=O)c1cc(F)ccc1Nc1ccc(I)cc1C. The first-order valence-electron chi connectivity index (χ1n) is 9.35. The maximum absolute atomic E-state index is 13.8. The number of carbonyl (C=O) groups is 1. The quantitative estimate of drug-likeness (QED) is 0.458. The van der Waals surface area contributed by atoms with Gasteiger partial charge in [-0.25, -0.2) is 4.39 Å². The molecule has 1 amide bonds. The number of amides is 1. The predicted molar refractivity (Wildman–Crippen MR) is 120 cm³/mol. The van der Waals surface area contributed by atoms with Crippen molar-refractivity contribution in [2.24, 2.45) is 0 Å². The zero-order valence-electron chi connectivity index (χ0n) is 16.4. The summed E-state index contributed by atoms with van der Waals surface area (Å²) in [6.07, 6.45) is -0.688. The molecule has 0 aliphatic heterocycles. The number of aliphatic hydroxyl groups is 1. The molecule has 0 radical (unpaired) electrons. The van der Waals surface area contributed by atoms with Crippen molar-refractivity contribution in [1.29, 1.82) is 0 Å². The molecule has 2 aromatic rings. The minimum absolute atomic E-state index is 0.105. The van der Waals surface area contributed by atoms with Crippen LogP contribution < -0.4 is 10.6 Å². The fourth-order valence-corrected chi connectivity index (χ4v) is 3.52. The highest BCUT2D eigenvalue weighted by Gasteiger charge is 2.16. The van der Waals surface area contributed by atoms with Crippen molar-refractivity contribution in [3.05, 3.63) is 56.9 Å². The molecule has 152 valence electrons. The summed E-state index contributed by atoms with van der Waals surface area (Å²) in [5, 5.41) is 16.1. The molecule has 28 heavy (non-hydrogen) atoms. The van der Waals surface area contributed by atoms with Gasteiger partial charge < -0.3 is 20.6 Å². The fourth-order valence-electron chi connectivity index (χ4n) is 2.88. The van der Waals surface area contributed by atoms with Gasteiger partial charge in [-0.1, -0.05) is 13.8 Å². The van der Waals surface area contributed by atoms with E-state index < -0.39 is 17.8 Å². The summed E-state index contributed by atoms with van der Waals surface area (Å²) in [6, 6.07) is 9.98. The van der Waals surface area contributed by atoms with Crippen molar-refractivity contribution in [2.75, 3.05) is 31.5 Å². The average molecular weight is 499 g/mol. The summed E-state index contributed by atoms with van der Waals surface area (Å²) in [6.45, 7) is 8.25. The molecule has 2 aromatic carbocycles. The number of hydrogen-bond donors (Lipinski definition) is 3. The smallest absolute Gasteiger partial charge is 0.253 e. The molecule has 1 unspecified atom stereocenters. The Balaban J connectivity index is 2.11. The Morgan fingerprint density at radius 1 is 1.18 bits per heavy atom. The predicted octanol–water partition coefficient (Wildman–Crippen LogP) is 3.91. The normalized spacial score (nSPS) is 12.1. The summed E-state index contributed by atoms with van der Waals surface area (Å²) < 4.78 is 14.9. The number of halogens is 2. The van der Waals surface area contributed by atoms with E-state index in [4.69, 9.17) is 0 Å². The van der Waals surface area contributed by atoms with Crippen LogP contribution in [0.4, 0.5) is 15.8 Å². The molecule has 0 fully saturated rings. The zero-order chi connectivity index (χ0) is 20.7. The number of anilines is 2. The van der Waals surface area contributed by atoms with Crippen LogP contribution in [-0.2, 0) is 0 Å². The monoisotopic (exact) mass is 499 g/mol. The fraction of sp³-hybridized carbons (Fsp3) is 0.381. The first-order valence-corrected chi connectivity index (χ1v) is 10.4. The largest absolute Gasteiger partial charge is 0.390 e. The van der Waals surface area contributed by atoms with Gasteiger partial charge in [-0.15, -0.1) is 0 Å². The van der Waals surface area contributed by atoms with E-state index in [2.05, 4.69) is 38.1 Å². The first-order chi connectivity index (χ1) is 13.3. The molecule has 7 heteroatoms. The van der Waals surface area contributed by atoms with E-state index in [-0.39, 0.29) is 12.1 Å². The molecule has 0 heterocycles. The summed E-state index contributed by atoms with van der Waals surface area (Å²) >= 11 is 2.24. The zero-order valence-corrected chi connectivity index (χ0v) is 18.6. The molecule has 0 aliphatic carbocycles. The molecule has 5 nitrogen and oxygen atoms in total. The highest BCUT2D eigenvalue weighted by atomic mass is 127. The lowest BCUT2D eigenvalue weighted by Gasteiger charge is -2.22. The lowest BCUT2D eigenvalue weighted by Crippen LogP contribution is -2.40. The molecule has 0 spiro atoms. The molecule has 3 N–H and O–H groups in total. The minimum Gasteiger partial charge on any atom is -0.390 e. The second-order valence-corrected chi connectivity index (χ2v) is 7.87. The molecule has 0 saturated heterocycles. The van der Waals surface area contributed by atoms with E-state index in [1.807, 2.05) is 39.0 Å². The molecular formula is C21H27FIN3O2. The Labute approximate surface area is 179 Å². The maximum atomic E-state index is 13.8. The van der Waals surface area contributed by atoms with Gasteiger partial charge in [-0.2, -0.15) is 0 Å². The number of benzene rings is 2. The van der Waals surface area contributed by atoms with Gasteiger partial charge in [-0.3, -0.25) is 4.79 Å². The number of aliphatic hydroxyl groups excluding tert-OH is 1. The van der Waals surface area contributed by atoms with Gasteiger partial charge in [0.2, 0.25) is 0 Å². The third-order valence-electron chi connectivity index (χ3n) is 4.55. The molecule has 2 rings (SSSR count). The van der Waals surface area contributed by atoms with Crippen molar-refractivity contribution in [3.63, 3.8) is 0 Å². The van der Waals surface area contributed by atoms with Crippen molar-refractivity contribution in [3.8, 4) is 0 Å². The standard InChI is InChI=1S/C21H27FIN3O2/c1-4-26(5-2)13-17(27)12-24-21(28)18-11-15(22)6-8-20(18)25-19-9-7-16(23)10-14(19)3/h6-11,17,25,27H,4-5,12-13H2,1-3H3,(H,24,28). The number of nitrogens with zero attached hydrogens (tertiary/aromatic N) is 1. The van der Waals surface area contributed by atoms with Crippen LogP contribution in [0.3, 0.4) is 0 Å². The second-order valence-electron chi connectivity index (χ2n) is 6.62. The van der Waals surface area contributed by atoms with Crippen LogP contribution in [0.1, 0.15) is 29.8 Å². The Hall–Kier alpha value is -1.71. The third kappa shape index (κ3) is 6.42. The van der Waals surface area contributed by atoms with E-state index >= 15 is 0 Å². The highest BCUT2D eigenvalue weighted by Crippen LogP contribution is 2.25. The topological polar surface area (TPSA) is 64.6 Å². The Morgan fingerprint density at radius 3 is 2.50 bits per heavy atom. The van der Waals surface area contributed by atoms with Crippen LogP contribution in [-0.4, -0.2) is 48.2 Å². The van der Waals surface area contributed by atoms with E-state index in [1.165, 1.54) is 12.1 Å². The van der Waals surface area contributed by atoms with Gasteiger partial charge in [0, 0.05) is 22.3 Å². The van der Waals surface area contributed by atoms with Crippen LogP contribution in [0.15, 0.2) is 36.4 Å². The Kier molecular flexibility index (Phi) is 8.65. The second kappa shape index (κ2) is 10.7. The maximum Gasteiger partial charge on any atom is 0.253 e. The summed E-state index contributed by atoms with van der Waals surface area (Å²) in [7, 11) is 0. The summed E-state index contributed by atoms with van der Waals surface area (Å²) in [4.78, 5) is 14.7. The number of likely N-dealkylation sites (N-methyl/N-ethyl adjacent to an activating group) is 1. The van der Waals surface area contributed by atoms with E-state index in [0.29, 0.717) is 12.2 Å². The molecule has 0 saturated carbocycles. The Morgan fingerprint density at radius 2 is 1.86 bits per heavy atom. The van der Waals surface area contributed by atoms with Gasteiger partial charge in [0.25, 0.3) is 5.91 Å². The number of rotatable bonds is 9. The van der Waals surface area contributed by atoms with Crippen LogP contribution in [0, 0.1) is 16.3 Å². The van der Waals surface area contributed by atoms with Crippen LogP contribution in [0.25, 0.3) is 0 Å². The van der Waals surface area contributed by atoms with E-state index in [1.54, 1.807) is 6.07 Å². The average Bonchev–Trinajstić information content (AvgIpc) is 2.67. The molecule has 0 bridgehead atoms. The number of hydrogen-bond acceptors (Lipinski definition) is 4. The molecule has 0 aromatic heterocycles. The lowest BCUT2D eigenvalue weighted by molar-refractivity contribution is 0.0870. The molecule has 1 atom stereocenters. The van der Waals surface area contributed by atoms with E-state index in [0.717, 1.165) is 27.9 Å². The van der Waals surface area contributed by atoms with Crippen molar-refractivity contribution in [2.45, 2.75) is 26.9 Å². The third-order valence-corrected chi connectivity index (χ3v) is 5.22. The van der Waals surface area contributed by atoms with Gasteiger partial charge in [-0.05, 0) is 84.6 Å². The summed E-state index contributed by atoms with van der Waals surface area (Å²) in [5.74, 6) is -0.914. The van der Waals surface area contributed by atoms with Gasteiger partial charge >= 0.3 is 0 Å². The van der Waals surface area contributed by atoms with Gasteiger partial charge in [0.1, 0.15) is 5.82 Å². The number of carbonyl (C=O) groups excluding carboxylic acids is 1. The minimum atomic E-state index is -0.688. The van der Waals surface area contributed by atoms with Crippen LogP contribution in [0.2, 0.25) is 0 Å². The summed E-state index contributed by atoms with van der Waals surface area (Å²) in [5.41, 5.74) is 2.59. The van der Waals surface area contributed by atoms with Gasteiger partial charge in [0.05, 0.1) is 17.4 Å². The van der Waals surface area contributed by atoms with Crippen molar-refractivity contribution < 1.29 is 14.3 Å². The molecule has 0 aliphatic rings. The van der Waals surface area contributed by atoms with Gasteiger partial charge in [0.15, 0.2) is 0 Å². The first kappa shape index (κ1) is 22.6. The van der Waals surface area contributed by atoms with Crippen LogP contribution >= 0.6 is 22.6 Å². The van der Waals surface area contributed by atoms with E-state index in [9.17, 15) is 14.3 Å². The van der Waals surface area contributed by atoms with Crippen molar-refractivity contribution in [1.82, 2.24) is 10.2 Å². The van der Waals surface area contributed by atoms with Crippen LogP contribution in [0.5, 0.6) is 0 Å². The molecular weight excluding hydrogens is 472 g/mol. The lowest BCUT2D eigenvalue weighted by atomic mass is 10.1. The number of nitrogens with one attached hydrogen (secondary N) is 2. The van der Waals surface area contributed by atoms with Crippen molar-refractivity contribution >= 4 is 39.9 Å². The highest BCUT2D eigenvalue weighted by molar-refractivity contribution is 14.1. The number of aryl methyl sites for hydroxylation is 1. The Bertz CT molecular complexity index is 812.